The number of amides is 1. The fraction of sp³-hybridized carbons (Fsp3) is 0.107. The Bertz CT molecular complexity index is 1750. The van der Waals surface area contributed by atoms with Gasteiger partial charge in [0.2, 0.25) is 5.13 Å². The van der Waals surface area contributed by atoms with E-state index in [0.29, 0.717) is 37.7 Å². The monoisotopic (exact) mass is 573 g/mol. The number of halogens is 1. The van der Waals surface area contributed by atoms with E-state index in [1.807, 2.05) is 36.4 Å². The smallest absolute Gasteiger partial charge is 0.301 e. The molecule has 1 atom stereocenters. The Morgan fingerprint density at radius 3 is 2.54 bits per heavy atom. The quantitative estimate of drug-likeness (QED) is 0.0865. The van der Waals surface area contributed by atoms with Gasteiger partial charge in [-0.25, -0.2) is 4.98 Å². The van der Waals surface area contributed by atoms with Crippen LogP contribution in [0.5, 0.6) is 0 Å². The number of Topliss-reactive ketones (excluding diaryl/α,β-unsaturated/α-hetero) is 1. The first-order valence-corrected chi connectivity index (χ1v) is 14.1. The largest absolute Gasteiger partial charge is 0.505 e. The van der Waals surface area contributed by atoms with E-state index < -0.39 is 17.7 Å². The van der Waals surface area contributed by atoms with Gasteiger partial charge in [0.25, 0.3) is 5.78 Å². The van der Waals surface area contributed by atoms with Crippen LogP contribution in [0.3, 0.4) is 0 Å². The maximum atomic E-state index is 13.5. The third kappa shape index (κ3) is 4.60. The summed E-state index contributed by atoms with van der Waals surface area (Å²) < 4.78 is 2.35. The number of ketones is 1. The first-order valence-electron chi connectivity index (χ1n) is 11.9. The number of hydrogen-bond acceptors (Lipinski definition) is 8. The zero-order valence-electron chi connectivity index (χ0n) is 20.5. The molecule has 39 heavy (non-hydrogen) atoms. The number of carbonyl (C=O) groups excluding carboxylic acids is 2. The molecule has 0 aliphatic carbocycles. The summed E-state index contributed by atoms with van der Waals surface area (Å²) in [6, 6.07) is 21.3. The van der Waals surface area contributed by atoms with E-state index in [2.05, 4.69) is 15.2 Å². The maximum Gasteiger partial charge on any atom is 0.301 e. The number of thioether (sulfide) groups is 1. The Morgan fingerprint density at radius 2 is 1.77 bits per heavy atom. The third-order valence-electron chi connectivity index (χ3n) is 6.37. The van der Waals surface area contributed by atoms with Crippen molar-refractivity contribution >= 4 is 62.9 Å². The van der Waals surface area contributed by atoms with Crippen molar-refractivity contribution in [3.05, 3.63) is 112 Å². The van der Waals surface area contributed by atoms with Crippen LogP contribution in [-0.2, 0) is 15.3 Å². The molecule has 1 aliphatic heterocycles. The molecule has 0 bridgehead atoms. The van der Waals surface area contributed by atoms with E-state index in [-0.39, 0.29) is 16.5 Å². The molecule has 0 spiro atoms. The van der Waals surface area contributed by atoms with Gasteiger partial charge >= 0.3 is 5.91 Å². The standard InChI is InChI=1S/C28H20ClN5O3S2/c1-16-22(33-14-6-5-9-20(33)30-16)24(35)21-23(18-10-12-19(29)13-11-18)34(26(37)25(21)36)27-31-32-28(39-27)38-15-17-7-3-2-4-8-17/h2-14,23,35H,15H2,1H3/b24-21+. The molecule has 4 heterocycles. The first kappa shape index (κ1) is 25.3. The summed E-state index contributed by atoms with van der Waals surface area (Å²) in [5, 5.41) is 20.9. The average Bonchev–Trinajstić information content (AvgIpc) is 3.62. The number of imidazole rings is 1. The van der Waals surface area contributed by atoms with Crippen molar-refractivity contribution in [1.82, 2.24) is 19.6 Å². The second-order valence-corrected chi connectivity index (χ2v) is 11.4. The first-order chi connectivity index (χ1) is 18.9. The number of aryl methyl sites for hydroxylation is 1. The molecule has 1 N–H and O–H groups in total. The molecule has 3 aromatic heterocycles. The van der Waals surface area contributed by atoms with Crippen molar-refractivity contribution in [2.45, 2.75) is 23.1 Å². The predicted molar refractivity (Wildman–Crippen MR) is 152 cm³/mol. The molecule has 1 fully saturated rings. The van der Waals surface area contributed by atoms with Crippen molar-refractivity contribution in [2.24, 2.45) is 0 Å². The number of carbonyl (C=O) groups is 2. The Hall–Kier alpha value is -3.99. The molecule has 194 valence electrons. The molecule has 0 radical (unpaired) electrons. The van der Waals surface area contributed by atoms with Gasteiger partial charge in [-0.2, -0.15) is 0 Å². The Kier molecular flexibility index (Phi) is 6.68. The lowest BCUT2D eigenvalue weighted by atomic mass is 9.96. The van der Waals surface area contributed by atoms with Gasteiger partial charge in [-0.3, -0.25) is 18.9 Å². The number of aliphatic hydroxyl groups is 1. The number of benzene rings is 2. The Balaban J connectivity index is 1.45. The highest BCUT2D eigenvalue weighted by molar-refractivity contribution is 8.00. The van der Waals surface area contributed by atoms with Crippen LogP contribution in [0.2, 0.25) is 5.02 Å². The lowest BCUT2D eigenvalue weighted by Gasteiger charge is -2.22. The van der Waals surface area contributed by atoms with E-state index in [4.69, 9.17) is 11.6 Å². The van der Waals surface area contributed by atoms with E-state index in [1.54, 1.807) is 53.9 Å². The minimum atomic E-state index is -0.934. The summed E-state index contributed by atoms with van der Waals surface area (Å²) in [5.74, 6) is -1.23. The number of fused-ring (bicyclic) bond motifs is 1. The lowest BCUT2D eigenvalue weighted by Crippen LogP contribution is -2.29. The second kappa shape index (κ2) is 10.3. The van der Waals surface area contributed by atoms with Gasteiger partial charge < -0.3 is 5.11 Å². The number of rotatable bonds is 6. The highest BCUT2D eigenvalue weighted by Gasteiger charge is 2.48. The average molecular weight is 574 g/mol. The zero-order valence-corrected chi connectivity index (χ0v) is 22.9. The van der Waals surface area contributed by atoms with Gasteiger partial charge in [0.15, 0.2) is 10.1 Å². The van der Waals surface area contributed by atoms with E-state index in [1.165, 1.54) is 28.0 Å². The number of aliphatic hydroxyl groups excluding tert-OH is 1. The van der Waals surface area contributed by atoms with Crippen molar-refractivity contribution in [1.29, 1.82) is 0 Å². The van der Waals surface area contributed by atoms with Gasteiger partial charge in [-0.15, -0.1) is 10.2 Å². The van der Waals surface area contributed by atoms with Gasteiger partial charge in [-0.05, 0) is 42.3 Å². The second-order valence-electron chi connectivity index (χ2n) is 8.82. The predicted octanol–water partition coefficient (Wildman–Crippen LogP) is 6.07. The highest BCUT2D eigenvalue weighted by Crippen LogP contribution is 2.44. The van der Waals surface area contributed by atoms with Crippen LogP contribution in [0.25, 0.3) is 11.4 Å². The van der Waals surface area contributed by atoms with E-state index >= 15 is 0 Å². The molecule has 1 amide bonds. The fourth-order valence-electron chi connectivity index (χ4n) is 4.59. The maximum absolute atomic E-state index is 13.5. The molecule has 1 aliphatic rings. The molecule has 6 rings (SSSR count). The highest BCUT2D eigenvalue weighted by atomic mass is 35.5. The Labute approximate surface area is 236 Å². The van der Waals surface area contributed by atoms with Crippen LogP contribution >= 0.6 is 34.7 Å². The van der Waals surface area contributed by atoms with E-state index in [0.717, 1.165) is 5.56 Å². The molecule has 11 heteroatoms. The molecule has 2 aromatic carbocycles. The number of hydrogen-bond donors (Lipinski definition) is 1. The van der Waals surface area contributed by atoms with E-state index in [9.17, 15) is 14.7 Å². The van der Waals surface area contributed by atoms with Gasteiger partial charge in [0.1, 0.15) is 11.3 Å². The van der Waals surface area contributed by atoms with Crippen LogP contribution in [-0.4, -0.2) is 36.4 Å². The zero-order chi connectivity index (χ0) is 27.1. The molecule has 1 saturated heterocycles. The molecule has 0 saturated carbocycles. The summed E-state index contributed by atoms with van der Waals surface area (Å²) in [6.07, 6.45) is 1.75. The van der Waals surface area contributed by atoms with Gasteiger partial charge in [0.05, 0.1) is 17.3 Å². The summed E-state index contributed by atoms with van der Waals surface area (Å²) in [5.41, 5.74) is 3.15. The van der Waals surface area contributed by atoms with Gasteiger partial charge in [-0.1, -0.05) is 83.2 Å². The van der Waals surface area contributed by atoms with Crippen LogP contribution in [0.15, 0.2) is 88.9 Å². The fourth-order valence-corrected chi connectivity index (χ4v) is 6.54. The SMILES string of the molecule is Cc1nc2ccccn2c1/C(O)=C1\C(=O)C(=O)N(c2nnc(SCc3ccccc3)s2)C1c1ccc(Cl)cc1. The molecule has 8 nitrogen and oxygen atoms in total. The van der Waals surface area contributed by atoms with Crippen LogP contribution < -0.4 is 4.90 Å². The van der Waals surface area contributed by atoms with Crippen molar-refractivity contribution < 1.29 is 14.7 Å². The topological polar surface area (TPSA) is 101 Å². The van der Waals surface area contributed by atoms with Crippen molar-refractivity contribution in [2.75, 3.05) is 4.90 Å². The van der Waals surface area contributed by atoms with Gasteiger partial charge in [0, 0.05) is 17.0 Å². The number of nitrogens with zero attached hydrogens (tertiary/aromatic N) is 5. The Morgan fingerprint density at radius 1 is 1.03 bits per heavy atom. The van der Waals surface area contributed by atoms with Crippen LogP contribution in [0.4, 0.5) is 5.13 Å². The normalized spacial score (nSPS) is 16.9. The molecule has 5 aromatic rings. The summed E-state index contributed by atoms with van der Waals surface area (Å²) in [4.78, 5) is 32.8. The number of anilines is 1. The minimum Gasteiger partial charge on any atom is -0.505 e. The van der Waals surface area contributed by atoms with Crippen LogP contribution in [0.1, 0.15) is 28.6 Å². The molecular weight excluding hydrogens is 554 g/mol. The lowest BCUT2D eigenvalue weighted by molar-refractivity contribution is -0.132. The summed E-state index contributed by atoms with van der Waals surface area (Å²) >= 11 is 8.85. The molecular formula is C28H20ClN5O3S2. The number of pyridine rings is 1. The van der Waals surface area contributed by atoms with Crippen molar-refractivity contribution in [3.8, 4) is 0 Å². The molecule has 1 unspecified atom stereocenters. The third-order valence-corrected chi connectivity index (χ3v) is 8.74. The van der Waals surface area contributed by atoms with Crippen LogP contribution in [0, 0.1) is 6.92 Å². The summed E-state index contributed by atoms with van der Waals surface area (Å²) in [6.45, 7) is 1.75. The van der Waals surface area contributed by atoms with Crippen molar-refractivity contribution in [3.63, 3.8) is 0 Å². The minimum absolute atomic E-state index is 0.0511. The number of aromatic nitrogens is 4. The summed E-state index contributed by atoms with van der Waals surface area (Å²) in [7, 11) is 0.